The Morgan fingerprint density at radius 2 is 1.81 bits per heavy atom. The Balaban J connectivity index is 1.71. The topological polar surface area (TPSA) is 72.4 Å². The van der Waals surface area contributed by atoms with Crippen molar-refractivity contribution in [3.8, 4) is 0 Å². The highest BCUT2D eigenvalue weighted by atomic mass is 16.5. The lowest BCUT2D eigenvalue weighted by atomic mass is 10.1. The third-order valence-corrected chi connectivity index (χ3v) is 3.79. The van der Waals surface area contributed by atoms with E-state index in [-0.39, 0.29) is 17.7 Å². The van der Waals surface area contributed by atoms with E-state index in [4.69, 9.17) is 4.74 Å². The standard InChI is InChI=1S/C20H27N3O3/c1-16(2)26-13-5-11-21-20(25)22-14-17-7-9-18(10-8-17)15-23-12-4-3-6-19(23)24/h3-4,6-10,12,16H,5,11,13-15H2,1-2H3,(H2,21,22,25). The molecule has 0 unspecified atom stereocenters. The van der Waals surface area contributed by atoms with Gasteiger partial charge in [-0.05, 0) is 37.5 Å². The second-order valence-electron chi connectivity index (χ2n) is 6.37. The molecule has 26 heavy (non-hydrogen) atoms. The molecule has 0 spiro atoms. The number of benzene rings is 1. The van der Waals surface area contributed by atoms with Crippen LogP contribution in [0.2, 0.25) is 0 Å². The minimum atomic E-state index is -0.186. The van der Waals surface area contributed by atoms with E-state index in [2.05, 4.69) is 10.6 Å². The zero-order valence-corrected chi connectivity index (χ0v) is 15.4. The van der Waals surface area contributed by atoms with E-state index in [1.54, 1.807) is 22.9 Å². The first-order valence-corrected chi connectivity index (χ1v) is 8.91. The molecule has 1 aromatic heterocycles. The summed E-state index contributed by atoms with van der Waals surface area (Å²) in [5.74, 6) is 0. The highest BCUT2D eigenvalue weighted by Crippen LogP contribution is 2.05. The van der Waals surface area contributed by atoms with E-state index in [9.17, 15) is 9.59 Å². The Bertz CT molecular complexity index is 738. The monoisotopic (exact) mass is 357 g/mol. The van der Waals surface area contributed by atoms with Crippen LogP contribution in [0.5, 0.6) is 0 Å². The van der Waals surface area contributed by atoms with Gasteiger partial charge in [0.1, 0.15) is 0 Å². The number of nitrogens with one attached hydrogen (secondary N) is 2. The first kappa shape index (κ1) is 19.7. The normalized spacial score (nSPS) is 10.7. The molecule has 1 heterocycles. The number of rotatable bonds is 9. The number of aromatic nitrogens is 1. The Labute approximate surface area is 154 Å². The van der Waals surface area contributed by atoms with Crippen LogP contribution in [-0.2, 0) is 17.8 Å². The van der Waals surface area contributed by atoms with E-state index in [1.165, 1.54) is 0 Å². The minimum Gasteiger partial charge on any atom is -0.379 e. The van der Waals surface area contributed by atoms with Crippen molar-refractivity contribution in [2.24, 2.45) is 0 Å². The van der Waals surface area contributed by atoms with Crippen LogP contribution in [0.4, 0.5) is 4.79 Å². The lowest BCUT2D eigenvalue weighted by Crippen LogP contribution is -2.35. The number of hydrogen-bond donors (Lipinski definition) is 2. The summed E-state index contributed by atoms with van der Waals surface area (Å²) >= 11 is 0. The van der Waals surface area contributed by atoms with Crippen molar-refractivity contribution in [3.05, 3.63) is 70.1 Å². The second-order valence-corrected chi connectivity index (χ2v) is 6.37. The van der Waals surface area contributed by atoms with Crippen LogP contribution < -0.4 is 16.2 Å². The number of urea groups is 1. The first-order chi connectivity index (χ1) is 12.5. The maximum atomic E-state index is 11.8. The molecule has 0 saturated carbocycles. The van der Waals surface area contributed by atoms with Crippen molar-refractivity contribution in [2.75, 3.05) is 13.2 Å². The molecule has 0 aliphatic heterocycles. The van der Waals surface area contributed by atoms with Crippen molar-refractivity contribution >= 4 is 6.03 Å². The van der Waals surface area contributed by atoms with Gasteiger partial charge < -0.3 is 19.9 Å². The summed E-state index contributed by atoms with van der Waals surface area (Å²) in [4.78, 5) is 23.5. The van der Waals surface area contributed by atoms with Crippen LogP contribution in [0.3, 0.4) is 0 Å². The molecule has 0 atom stereocenters. The number of amides is 2. The molecular weight excluding hydrogens is 330 g/mol. The molecule has 0 aliphatic rings. The van der Waals surface area contributed by atoms with E-state index in [0.717, 1.165) is 17.5 Å². The Kier molecular flexibility index (Phi) is 7.89. The van der Waals surface area contributed by atoms with Gasteiger partial charge >= 0.3 is 6.03 Å². The molecule has 2 amide bonds. The molecule has 2 N–H and O–H groups in total. The summed E-state index contributed by atoms with van der Waals surface area (Å²) in [6.45, 7) is 6.20. The average molecular weight is 357 g/mol. The predicted octanol–water partition coefficient (Wildman–Crippen LogP) is 2.51. The smallest absolute Gasteiger partial charge is 0.315 e. The summed E-state index contributed by atoms with van der Waals surface area (Å²) in [6, 6.07) is 12.8. The van der Waals surface area contributed by atoms with E-state index >= 15 is 0 Å². The van der Waals surface area contributed by atoms with Gasteiger partial charge in [-0.1, -0.05) is 30.3 Å². The summed E-state index contributed by atoms with van der Waals surface area (Å²) in [5.41, 5.74) is 2.03. The quantitative estimate of drug-likeness (QED) is 0.678. The number of carbonyl (C=O) groups excluding carboxylic acids is 1. The summed E-state index contributed by atoms with van der Waals surface area (Å²) in [7, 11) is 0. The molecule has 2 rings (SSSR count). The van der Waals surface area contributed by atoms with Crippen LogP contribution in [0.25, 0.3) is 0 Å². The van der Waals surface area contributed by atoms with Gasteiger partial charge in [0, 0.05) is 32.0 Å². The lowest BCUT2D eigenvalue weighted by molar-refractivity contribution is 0.0774. The summed E-state index contributed by atoms with van der Waals surface area (Å²) in [6.07, 6.45) is 2.78. The van der Waals surface area contributed by atoms with Gasteiger partial charge in [0.2, 0.25) is 0 Å². The summed E-state index contributed by atoms with van der Waals surface area (Å²) < 4.78 is 7.08. The maximum absolute atomic E-state index is 11.8. The van der Waals surface area contributed by atoms with E-state index in [0.29, 0.717) is 26.2 Å². The van der Waals surface area contributed by atoms with Gasteiger partial charge in [0.25, 0.3) is 5.56 Å². The number of hydrogen-bond acceptors (Lipinski definition) is 3. The molecule has 1 aromatic carbocycles. The molecule has 0 aliphatic carbocycles. The number of carbonyl (C=O) groups is 1. The zero-order valence-electron chi connectivity index (χ0n) is 15.4. The molecule has 140 valence electrons. The van der Waals surface area contributed by atoms with Crippen LogP contribution in [0.15, 0.2) is 53.5 Å². The zero-order chi connectivity index (χ0) is 18.8. The van der Waals surface area contributed by atoms with Crippen molar-refractivity contribution in [1.82, 2.24) is 15.2 Å². The van der Waals surface area contributed by atoms with Gasteiger partial charge in [-0.3, -0.25) is 4.79 Å². The van der Waals surface area contributed by atoms with Gasteiger partial charge in [0.05, 0.1) is 12.6 Å². The second kappa shape index (κ2) is 10.4. The van der Waals surface area contributed by atoms with Crippen molar-refractivity contribution in [1.29, 1.82) is 0 Å². The van der Waals surface area contributed by atoms with Crippen LogP contribution >= 0.6 is 0 Å². The molecule has 0 bridgehead atoms. The SMILES string of the molecule is CC(C)OCCCNC(=O)NCc1ccc(Cn2ccccc2=O)cc1. The highest BCUT2D eigenvalue weighted by Gasteiger charge is 2.02. The van der Waals surface area contributed by atoms with Crippen LogP contribution in [0, 0.1) is 0 Å². The molecule has 0 fully saturated rings. The van der Waals surface area contributed by atoms with Gasteiger partial charge in [-0.15, -0.1) is 0 Å². The Morgan fingerprint density at radius 1 is 1.08 bits per heavy atom. The average Bonchev–Trinajstić information content (AvgIpc) is 2.62. The van der Waals surface area contributed by atoms with E-state index < -0.39 is 0 Å². The van der Waals surface area contributed by atoms with Crippen LogP contribution in [0.1, 0.15) is 31.4 Å². The molecule has 6 nitrogen and oxygen atoms in total. The number of pyridine rings is 1. The third kappa shape index (κ3) is 7.11. The first-order valence-electron chi connectivity index (χ1n) is 8.91. The molecule has 0 radical (unpaired) electrons. The predicted molar refractivity (Wildman–Crippen MR) is 102 cm³/mol. The van der Waals surface area contributed by atoms with Crippen molar-refractivity contribution < 1.29 is 9.53 Å². The lowest BCUT2D eigenvalue weighted by Gasteiger charge is -2.10. The molecule has 0 saturated heterocycles. The number of ether oxygens (including phenoxy) is 1. The van der Waals surface area contributed by atoms with Crippen LogP contribution in [-0.4, -0.2) is 29.9 Å². The fourth-order valence-electron chi connectivity index (χ4n) is 2.39. The van der Waals surface area contributed by atoms with Crippen molar-refractivity contribution in [2.45, 2.75) is 39.5 Å². The van der Waals surface area contributed by atoms with Crippen molar-refractivity contribution in [3.63, 3.8) is 0 Å². The highest BCUT2D eigenvalue weighted by molar-refractivity contribution is 5.73. The van der Waals surface area contributed by atoms with E-state index in [1.807, 2.05) is 44.2 Å². The fraction of sp³-hybridized carbons (Fsp3) is 0.400. The molecule has 6 heteroatoms. The Morgan fingerprint density at radius 3 is 2.50 bits per heavy atom. The Hall–Kier alpha value is -2.60. The largest absolute Gasteiger partial charge is 0.379 e. The fourth-order valence-corrected chi connectivity index (χ4v) is 2.39. The van der Waals surface area contributed by atoms with Gasteiger partial charge in [-0.25, -0.2) is 4.79 Å². The summed E-state index contributed by atoms with van der Waals surface area (Å²) in [5, 5.41) is 5.64. The molecular formula is C20H27N3O3. The minimum absolute atomic E-state index is 0.0197. The number of nitrogens with zero attached hydrogens (tertiary/aromatic N) is 1. The van der Waals surface area contributed by atoms with Gasteiger partial charge in [0.15, 0.2) is 0 Å². The molecule has 2 aromatic rings. The maximum Gasteiger partial charge on any atom is 0.315 e. The third-order valence-electron chi connectivity index (χ3n) is 3.79. The van der Waals surface area contributed by atoms with Gasteiger partial charge in [-0.2, -0.15) is 0 Å².